The van der Waals surface area contributed by atoms with Gasteiger partial charge in [0.25, 0.3) is 0 Å². The van der Waals surface area contributed by atoms with Crippen LogP contribution in [-0.2, 0) is 4.79 Å². The Morgan fingerprint density at radius 3 is 2.87 bits per heavy atom. The van der Waals surface area contributed by atoms with Crippen molar-refractivity contribution in [2.75, 3.05) is 24.6 Å². The number of phenols is 1. The number of rotatable bonds is 3. The minimum absolute atomic E-state index is 0.0135. The predicted molar refractivity (Wildman–Crippen MR) is 120 cm³/mol. The summed E-state index contributed by atoms with van der Waals surface area (Å²) in [5.41, 5.74) is 2.21. The van der Waals surface area contributed by atoms with Crippen molar-refractivity contribution in [1.29, 1.82) is 5.26 Å². The highest BCUT2D eigenvalue weighted by Crippen LogP contribution is 2.46. The Labute approximate surface area is 191 Å². The molecule has 30 heavy (non-hydrogen) atoms. The van der Waals surface area contributed by atoms with Crippen LogP contribution in [0, 0.1) is 11.3 Å². The van der Waals surface area contributed by atoms with E-state index in [1.807, 2.05) is 29.2 Å². The number of allylic oxidation sites excluding steroid dienone is 1. The van der Waals surface area contributed by atoms with E-state index in [-0.39, 0.29) is 18.1 Å². The summed E-state index contributed by atoms with van der Waals surface area (Å²) < 4.78 is 5.69. The Hall–Kier alpha value is -2.34. The van der Waals surface area contributed by atoms with Crippen LogP contribution < -0.4 is 9.64 Å². The minimum atomic E-state index is -0.398. The highest BCUT2D eigenvalue weighted by Gasteiger charge is 2.38. The normalized spacial score (nSPS) is 18.9. The van der Waals surface area contributed by atoms with Crippen LogP contribution in [0.3, 0.4) is 0 Å². The van der Waals surface area contributed by atoms with Crippen molar-refractivity contribution in [1.82, 2.24) is 4.90 Å². The van der Waals surface area contributed by atoms with E-state index < -0.39 is 5.92 Å². The first-order valence-corrected chi connectivity index (χ1v) is 11.2. The molecule has 0 spiro atoms. The fourth-order valence-electron chi connectivity index (χ4n) is 3.63. The second-order valence-electron chi connectivity index (χ2n) is 6.90. The van der Waals surface area contributed by atoms with Crippen LogP contribution in [0.4, 0.5) is 5.69 Å². The van der Waals surface area contributed by atoms with E-state index in [4.69, 9.17) is 16.3 Å². The first-order chi connectivity index (χ1) is 14.4. The van der Waals surface area contributed by atoms with Gasteiger partial charge in [0.1, 0.15) is 0 Å². The standard InChI is InChI=1S/C21H17BrClN3O3S/c1-29-18-6-12(5-17(22)20(18)28)15-8-19(27)26-10-25(11-30-21(26)16(15)9-24)14-4-2-3-13(23)7-14/h2-7,15,28H,8,10-11H2,1H3/t15-/m0/s1. The van der Waals surface area contributed by atoms with E-state index in [0.29, 0.717) is 38.4 Å². The summed E-state index contributed by atoms with van der Waals surface area (Å²) in [6, 6.07) is 13.2. The molecule has 1 fully saturated rings. The van der Waals surface area contributed by atoms with Crippen LogP contribution in [0.2, 0.25) is 5.02 Å². The molecule has 2 aliphatic heterocycles. The van der Waals surface area contributed by atoms with Gasteiger partial charge < -0.3 is 14.7 Å². The summed E-state index contributed by atoms with van der Waals surface area (Å²) in [4.78, 5) is 16.8. The number of nitrogens with zero attached hydrogens (tertiary/aromatic N) is 3. The largest absolute Gasteiger partial charge is 0.503 e. The number of methoxy groups -OCH3 is 1. The highest BCUT2D eigenvalue weighted by atomic mass is 79.9. The molecular weight excluding hydrogens is 490 g/mol. The van der Waals surface area contributed by atoms with Crippen molar-refractivity contribution in [3.8, 4) is 17.6 Å². The van der Waals surface area contributed by atoms with Gasteiger partial charge in [-0.05, 0) is 51.8 Å². The number of amides is 1. The second-order valence-corrected chi connectivity index (χ2v) is 9.12. The summed E-state index contributed by atoms with van der Waals surface area (Å²) >= 11 is 10.9. The fraction of sp³-hybridized carbons (Fsp3) is 0.238. The van der Waals surface area contributed by atoms with Crippen molar-refractivity contribution < 1.29 is 14.6 Å². The first kappa shape index (κ1) is 20.9. The van der Waals surface area contributed by atoms with E-state index in [1.54, 1.807) is 17.0 Å². The molecule has 0 radical (unpaired) electrons. The monoisotopic (exact) mass is 505 g/mol. The molecule has 4 rings (SSSR count). The van der Waals surface area contributed by atoms with Gasteiger partial charge in [-0.2, -0.15) is 5.26 Å². The summed E-state index contributed by atoms with van der Waals surface area (Å²) in [5, 5.41) is 21.3. The van der Waals surface area contributed by atoms with Gasteiger partial charge in [0.05, 0.1) is 40.8 Å². The number of halogens is 2. The summed E-state index contributed by atoms with van der Waals surface area (Å²) in [6.07, 6.45) is 0.163. The maximum Gasteiger partial charge on any atom is 0.229 e. The lowest BCUT2D eigenvalue weighted by atomic mass is 9.86. The van der Waals surface area contributed by atoms with Gasteiger partial charge in [0, 0.05) is 23.0 Å². The van der Waals surface area contributed by atoms with Crippen LogP contribution in [0.15, 0.2) is 51.5 Å². The summed E-state index contributed by atoms with van der Waals surface area (Å²) in [6.45, 7) is 0.363. The van der Waals surface area contributed by atoms with E-state index in [0.717, 1.165) is 11.3 Å². The number of anilines is 1. The smallest absolute Gasteiger partial charge is 0.229 e. The Kier molecular flexibility index (Phi) is 5.87. The predicted octanol–water partition coefficient (Wildman–Crippen LogP) is 5.04. The SMILES string of the molecule is COc1cc([C@@H]2CC(=O)N3CN(c4cccc(Cl)c4)CSC3=C2C#N)cc(Br)c1O. The number of benzene rings is 2. The van der Waals surface area contributed by atoms with Gasteiger partial charge in [-0.25, -0.2) is 0 Å². The van der Waals surface area contributed by atoms with Crippen molar-refractivity contribution in [2.45, 2.75) is 12.3 Å². The molecule has 0 bridgehead atoms. The molecule has 2 aromatic rings. The minimum Gasteiger partial charge on any atom is -0.503 e. The van der Waals surface area contributed by atoms with Gasteiger partial charge >= 0.3 is 0 Å². The van der Waals surface area contributed by atoms with Gasteiger partial charge in [0.2, 0.25) is 5.91 Å². The lowest BCUT2D eigenvalue weighted by Gasteiger charge is -2.42. The van der Waals surface area contributed by atoms with Crippen molar-refractivity contribution >= 4 is 50.9 Å². The highest BCUT2D eigenvalue weighted by molar-refractivity contribution is 9.10. The third kappa shape index (κ3) is 3.73. The van der Waals surface area contributed by atoms with Crippen molar-refractivity contribution in [3.63, 3.8) is 0 Å². The number of phenolic OH excluding ortho intramolecular Hbond substituents is 1. The number of hydrogen-bond acceptors (Lipinski definition) is 6. The molecule has 9 heteroatoms. The molecular formula is C21H17BrClN3O3S. The van der Waals surface area contributed by atoms with Crippen LogP contribution in [0.25, 0.3) is 0 Å². The average Bonchev–Trinajstić information content (AvgIpc) is 2.75. The number of aromatic hydroxyl groups is 1. The zero-order chi connectivity index (χ0) is 21.4. The average molecular weight is 507 g/mol. The topological polar surface area (TPSA) is 76.8 Å². The van der Waals surface area contributed by atoms with Crippen LogP contribution in [0.1, 0.15) is 17.9 Å². The second kappa shape index (κ2) is 8.42. The fourth-order valence-corrected chi connectivity index (χ4v) is 5.45. The lowest BCUT2D eigenvalue weighted by Crippen LogP contribution is -2.47. The third-order valence-electron chi connectivity index (χ3n) is 5.14. The van der Waals surface area contributed by atoms with Crippen LogP contribution >= 0.6 is 39.3 Å². The van der Waals surface area contributed by atoms with Crippen LogP contribution in [-0.4, -0.2) is 35.6 Å². The van der Waals surface area contributed by atoms with Gasteiger partial charge in [-0.1, -0.05) is 29.4 Å². The lowest BCUT2D eigenvalue weighted by molar-refractivity contribution is -0.129. The molecule has 0 saturated carbocycles. The number of carbonyl (C=O) groups is 1. The molecule has 2 heterocycles. The van der Waals surface area contributed by atoms with Gasteiger partial charge in [0.15, 0.2) is 11.5 Å². The molecule has 1 saturated heterocycles. The first-order valence-electron chi connectivity index (χ1n) is 9.07. The molecule has 2 aliphatic rings. The number of hydrogen-bond donors (Lipinski definition) is 1. The van der Waals surface area contributed by atoms with E-state index in [9.17, 15) is 15.2 Å². The molecule has 1 atom stereocenters. The molecule has 0 aliphatic carbocycles. The van der Waals surface area contributed by atoms with E-state index in [2.05, 4.69) is 22.0 Å². The zero-order valence-corrected chi connectivity index (χ0v) is 19.1. The van der Waals surface area contributed by atoms with Crippen molar-refractivity contribution in [3.05, 3.63) is 62.1 Å². The number of ether oxygens (including phenoxy) is 1. The zero-order valence-electron chi connectivity index (χ0n) is 15.9. The molecule has 1 N–H and O–H groups in total. The summed E-state index contributed by atoms with van der Waals surface area (Å²) in [7, 11) is 1.46. The number of nitriles is 1. The Bertz CT molecular complexity index is 1100. The molecule has 0 unspecified atom stereocenters. The molecule has 6 nitrogen and oxygen atoms in total. The maximum absolute atomic E-state index is 13.0. The van der Waals surface area contributed by atoms with Crippen molar-refractivity contribution in [2.24, 2.45) is 0 Å². The Balaban J connectivity index is 1.70. The molecule has 154 valence electrons. The Morgan fingerprint density at radius 1 is 1.37 bits per heavy atom. The number of carbonyl (C=O) groups excluding carboxylic acids is 1. The Morgan fingerprint density at radius 2 is 2.17 bits per heavy atom. The quantitative estimate of drug-likeness (QED) is 0.629. The van der Waals surface area contributed by atoms with Crippen LogP contribution in [0.5, 0.6) is 11.5 Å². The third-order valence-corrected chi connectivity index (χ3v) is 7.13. The van der Waals surface area contributed by atoms with Gasteiger partial charge in [-0.15, -0.1) is 0 Å². The number of thioether (sulfide) groups is 1. The molecule has 2 aromatic carbocycles. The maximum atomic E-state index is 13.0. The molecule has 0 aromatic heterocycles. The number of fused-ring (bicyclic) bond motifs is 1. The van der Waals surface area contributed by atoms with E-state index >= 15 is 0 Å². The van der Waals surface area contributed by atoms with Gasteiger partial charge in [-0.3, -0.25) is 9.69 Å². The molecule has 1 amide bonds. The van der Waals surface area contributed by atoms with E-state index in [1.165, 1.54) is 18.9 Å². The summed E-state index contributed by atoms with van der Waals surface area (Å²) in [5.74, 6) is 0.418.